The third kappa shape index (κ3) is 4.16. The minimum absolute atomic E-state index is 0.00376. The van der Waals surface area contributed by atoms with E-state index in [-0.39, 0.29) is 17.5 Å². The van der Waals surface area contributed by atoms with Crippen molar-refractivity contribution in [2.24, 2.45) is 0 Å². The van der Waals surface area contributed by atoms with Crippen LogP contribution in [0, 0.1) is 6.92 Å². The van der Waals surface area contributed by atoms with Gasteiger partial charge in [0.05, 0.1) is 23.7 Å². The molecule has 5 nitrogen and oxygen atoms in total. The van der Waals surface area contributed by atoms with Gasteiger partial charge in [0.1, 0.15) is 5.82 Å². The molecular formula is C33H33N3O2. The molecule has 0 spiro atoms. The van der Waals surface area contributed by atoms with Crippen LogP contribution in [0.1, 0.15) is 65.5 Å². The average molecular weight is 504 g/mol. The van der Waals surface area contributed by atoms with E-state index in [1.54, 1.807) is 0 Å². The van der Waals surface area contributed by atoms with Crippen LogP contribution >= 0.6 is 0 Å². The fourth-order valence-electron chi connectivity index (χ4n) is 6.52. The molecule has 1 fully saturated rings. The third-order valence-electron chi connectivity index (χ3n) is 8.41. The van der Waals surface area contributed by atoms with Gasteiger partial charge in [0.25, 0.3) is 5.56 Å². The monoisotopic (exact) mass is 503 g/mol. The topological polar surface area (TPSA) is 55.2 Å². The maximum Gasteiger partial charge on any atom is 0.257 e. The van der Waals surface area contributed by atoms with Crippen LogP contribution < -0.4 is 5.56 Å². The van der Waals surface area contributed by atoms with E-state index in [0.717, 1.165) is 53.6 Å². The Hall–Kier alpha value is -3.99. The van der Waals surface area contributed by atoms with Crippen molar-refractivity contribution in [3.8, 4) is 0 Å². The first kappa shape index (κ1) is 24.4. The third-order valence-corrected chi connectivity index (χ3v) is 8.41. The molecule has 0 radical (unpaired) electrons. The van der Waals surface area contributed by atoms with Crippen LogP contribution in [-0.2, 0) is 23.2 Å². The summed E-state index contributed by atoms with van der Waals surface area (Å²) in [6.45, 7) is 2.84. The fraction of sp³-hybridized carbons (Fsp3) is 0.303. The standard InChI is InChI=1S/C33H33N3O2/c1-24-34-29-23-35(32(38)33(20-11-12-21-33)27-17-9-4-10-18-27)22-19-28(29)31(37)36(24)30(25-13-5-2-6-14-25)26-15-7-3-8-16-26/h2-10,13-18,30H,11-12,19-23H2,1H3. The van der Waals surface area contributed by atoms with Crippen molar-refractivity contribution >= 4 is 5.91 Å². The molecular weight excluding hydrogens is 470 g/mol. The molecule has 4 aromatic rings. The molecule has 0 unspecified atom stereocenters. The number of hydrogen-bond donors (Lipinski definition) is 0. The summed E-state index contributed by atoms with van der Waals surface area (Å²) in [6.07, 6.45) is 4.40. The van der Waals surface area contributed by atoms with E-state index in [9.17, 15) is 9.59 Å². The van der Waals surface area contributed by atoms with Crippen LogP contribution in [0.2, 0.25) is 0 Å². The quantitative estimate of drug-likeness (QED) is 0.357. The van der Waals surface area contributed by atoms with Crippen LogP contribution in [0.4, 0.5) is 0 Å². The lowest BCUT2D eigenvalue weighted by molar-refractivity contribution is -0.138. The Balaban J connectivity index is 1.37. The van der Waals surface area contributed by atoms with E-state index in [2.05, 4.69) is 36.4 Å². The zero-order valence-electron chi connectivity index (χ0n) is 21.8. The Kier molecular flexibility index (Phi) is 6.44. The zero-order valence-corrected chi connectivity index (χ0v) is 21.8. The first-order valence-corrected chi connectivity index (χ1v) is 13.6. The van der Waals surface area contributed by atoms with Gasteiger partial charge in [-0.3, -0.25) is 14.2 Å². The van der Waals surface area contributed by atoms with Gasteiger partial charge in [0.15, 0.2) is 0 Å². The first-order valence-electron chi connectivity index (χ1n) is 13.6. The molecule has 0 bridgehead atoms. The zero-order chi connectivity index (χ0) is 26.1. The van der Waals surface area contributed by atoms with E-state index in [0.29, 0.717) is 25.3 Å². The number of rotatable bonds is 5. The minimum atomic E-state index is -0.464. The van der Waals surface area contributed by atoms with Gasteiger partial charge >= 0.3 is 0 Å². The second-order valence-corrected chi connectivity index (χ2v) is 10.6. The number of amides is 1. The lowest BCUT2D eigenvalue weighted by Crippen LogP contribution is -2.49. The van der Waals surface area contributed by atoms with Crippen molar-refractivity contribution in [2.45, 2.75) is 57.0 Å². The predicted molar refractivity (Wildman–Crippen MR) is 149 cm³/mol. The second kappa shape index (κ2) is 10.1. The van der Waals surface area contributed by atoms with Gasteiger partial charge < -0.3 is 4.90 Å². The molecule has 3 aromatic carbocycles. The van der Waals surface area contributed by atoms with Gasteiger partial charge in [-0.05, 0) is 42.9 Å². The van der Waals surface area contributed by atoms with Crippen molar-refractivity contribution < 1.29 is 4.79 Å². The fourth-order valence-corrected chi connectivity index (χ4v) is 6.52. The maximum absolute atomic E-state index is 14.1. The smallest absolute Gasteiger partial charge is 0.257 e. The highest BCUT2D eigenvalue weighted by Gasteiger charge is 2.45. The Labute approximate surface area is 223 Å². The summed E-state index contributed by atoms with van der Waals surface area (Å²) in [7, 11) is 0. The number of carbonyl (C=O) groups is 1. The summed E-state index contributed by atoms with van der Waals surface area (Å²) in [5.41, 5.74) is 4.21. The number of benzene rings is 3. The largest absolute Gasteiger partial charge is 0.336 e. The highest BCUT2D eigenvalue weighted by Crippen LogP contribution is 2.43. The number of aryl methyl sites for hydroxylation is 1. The minimum Gasteiger partial charge on any atom is -0.336 e. The van der Waals surface area contributed by atoms with Gasteiger partial charge in [0.2, 0.25) is 5.91 Å². The molecule has 0 atom stereocenters. The summed E-state index contributed by atoms with van der Waals surface area (Å²) < 4.78 is 1.84. The number of carbonyl (C=O) groups excluding carboxylic acids is 1. The van der Waals surface area contributed by atoms with Gasteiger partial charge in [-0.25, -0.2) is 4.98 Å². The Morgan fingerprint density at radius 2 is 1.39 bits per heavy atom. The summed E-state index contributed by atoms with van der Waals surface area (Å²) >= 11 is 0. The van der Waals surface area contributed by atoms with Crippen molar-refractivity contribution in [1.29, 1.82) is 0 Å². The molecule has 5 heteroatoms. The predicted octanol–water partition coefficient (Wildman–Crippen LogP) is 5.59. The molecule has 0 N–H and O–H groups in total. The van der Waals surface area contributed by atoms with E-state index in [1.807, 2.05) is 71.0 Å². The van der Waals surface area contributed by atoms with Crippen molar-refractivity contribution in [1.82, 2.24) is 14.5 Å². The number of hydrogen-bond acceptors (Lipinski definition) is 3. The second-order valence-electron chi connectivity index (χ2n) is 10.6. The highest BCUT2D eigenvalue weighted by molar-refractivity contribution is 5.88. The van der Waals surface area contributed by atoms with Crippen molar-refractivity contribution in [3.63, 3.8) is 0 Å². The Morgan fingerprint density at radius 1 is 0.842 bits per heavy atom. The summed E-state index contributed by atoms with van der Waals surface area (Å²) in [5.74, 6) is 0.848. The molecule has 1 aromatic heterocycles. The molecule has 2 heterocycles. The molecule has 1 aliphatic heterocycles. The SMILES string of the molecule is Cc1nc2c(c(=O)n1C(c1ccccc1)c1ccccc1)CCN(C(=O)C1(c3ccccc3)CCCC1)C2. The number of nitrogens with zero attached hydrogens (tertiary/aromatic N) is 3. The van der Waals surface area contributed by atoms with E-state index >= 15 is 0 Å². The van der Waals surface area contributed by atoms with E-state index in [1.165, 1.54) is 0 Å². The average Bonchev–Trinajstić information content (AvgIpc) is 3.47. The molecule has 1 saturated carbocycles. The van der Waals surface area contributed by atoms with Crippen molar-refractivity contribution in [3.05, 3.63) is 135 Å². The summed E-state index contributed by atoms with van der Waals surface area (Å²) in [5, 5.41) is 0. The molecule has 6 rings (SSSR count). The highest BCUT2D eigenvalue weighted by atomic mass is 16.2. The van der Waals surface area contributed by atoms with Gasteiger partial charge in [-0.1, -0.05) is 104 Å². The number of aromatic nitrogens is 2. The van der Waals surface area contributed by atoms with Crippen molar-refractivity contribution in [2.75, 3.05) is 6.54 Å². The first-order chi connectivity index (χ1) is 18.6. The van der Waals surface area contributed by atoms with Crippen LogP contribution in [-0.4, -0.2) is 26.9 Å². The Bertz CT molecular complexity index is 1450. The normalized spacial score (nSPS) is 16.4. The van der Waals surface area contributed by atoms with Gasteiger partial charge in [-0.2, -0.15) is 0 Å². The van der Waals surface area contributed by atoms with Gasteiger partial charge in [0, 0.05) is 12.1 Å². The molecule has 1 aliphatic carbocycles. The molecule has 192 valence electrons. The molecule has 2 aliphatic rings. The summed E-state index contributed by atoms with van der Waals surface area (Å²) in [6, 6.07) is 30.2. The van der Waals surface area contributed by atoms with Crippen LogP contribution in [0.25, 0.3) is 0 Å². The van der Waals surface area contributed by atoms with Crippen LogP contribution in [0.3, 0.4) is 0 Å². The van der Waals surface area contributed by atoms with Crippen LogP contribution in [0.5, 0.6) is 0 Å². The number of fused-ring (bicyclic) bond motifs is 1. The molecule has 1 amide bonds. The van der Waals surface area contributed by atoms with Gasteiger partial charge in [-0.15, -0.1) is 0 Å². The molecule has 0 saturated heterocycles. The maximum atomic E-state index is 14.1. The Morgan fingerprint density at radius 3 is 1.97 bits per heavy atom. The van der Waals surface area contributed by atoms with Crippen LogP contribution in [0.15, 0.2) is 95.8 Å². The lowest BCUT2D eigenvalue weighted by Gasteiger charge is -2.37. The van der Waals surface area contributed by atoms with E-state index in [4.69, 9.17) is 4.98 Å². The lowest BCUT2D eigenvalue weighted by atomic mass is 9.77. The molecule has 38 heavy (non-hydrogen) atoms. The van der Waals surface area contributed by atoms with E-state index < -0.39 is 5.41 Å². The summed E-state index contributed by atoms with van der Waals surface area (Å²) in [4.78, 5) is 35.0.